The quantitative estimate of drug-likeness (QED) is 0.321. The number of carboxylic acid groups (broad SMARTS) is 1. The van der Waals surface area contributed by atoms with Crippen molar-refractivity contribution >= 4 is 17.8 Å². The number of benzene rings is 3. The number of phenols is 1. The molecule has 0 radical (unpaired) electrons. The summed E-state index contributed by atoms with van der Waals surface area (Å²) >= 11 is 0. The molecule has 3 aromatic carbocycles. The Morgan fingerprint density at radius 3 is 2.00 bits per heavy atom. The molecular formula is C30H30F3NO7. The number of alkyl halides is 3. The highest BCUT2D eigenvalue weighted by molar-refractivity contribution is 5.98. The molecule has 3 rings (SSSR count). The molecule has 0 heterocycles. The number of hydrogen-bond donors (Lipinski definition) is 2. The molecule has 218 valence electrons. The summed E-state index contributed by atoms with van der Waals surface area (Å²) in [5.74, 6) is -3.45. The zero-order valence-corrected chi connectivity index (χ0v) is 23.1. The van der Waals surface area contributed by atoms with Gasteiger partial charge in [0.15, 0.2) is 0 Å². The number of rotatable bonds is 8. The Bertz CT molecular complexity index is 1460. The van der Waals surface area contributed by atoms with Gasteiger partial charge >= 0.3 is 18.1 Å². The highest BCUT2D eigenvalue weighted by atomic mass is 19.4. The van der Waals surface area contributed by atoms with Crippen LogP contribution in [0.25, 0.3) is 11.1 Å². The van der Waals surface area contributed by atoms with Crippen LogP contribution in [-0.2, 0) is 28.7 Å². The highest BCUT2D eigenvalue weighted by Crippen LogP contribution is 2.39. The smallest absolute Gasteiger partial charge is 0.419 e. The number of halogens is 3. The molecule has 0 aromatic heterocycles. The molecule has 0 atom stereocenters. The lowest BCUT2D eigenvalue weighted by Crippen LogP contribution is -2.25. The molecule has 0 bridgehead atoms. The molecule has 0 aliphatic rings. The third-order valence-corrected chi connectivity index (χ3v) is 5.84. The maximum Gasteiger partial charge on any atom is 0.419 e. The summed E-state index contributed by atoms with van der Waals surface area (Å²) in [5.41, 5.74) is -1.06. The maximum absolute atomic E-state index is 13.4. The van der Waals surface area contributed by atoms with Crippen LogP contribution in [0.1, 0.15) is 58.2 Å². The number of nitrogens with zero attached hydrogens (tertiary/aromatic N) is 1. The van der Waals surface area contributed by atoms with E-state index in [1.807, 2.05) is 0 Å². The molecule has 0 aliphatic heterocycles. The van der Waals surface area contributed by atoms with E-state index in [9.17, 15) is 37.8 Å². The van der Waals surface area contributed by atoms with Gasteiger partial charge in [0, 0.05) is 25.2 Å². The average Bonchev–Trinajstić information content (AvgIpc) is 2.85. The first-order valence-electron chi connectivity index (χ1n) is 12.4. The first-order valence-corrected chi connectivity index (χ1v) is 12.4. The third kappa shape index (κ3) is 7.77. The molecule has 0 saturated carbocycles. The van der Waals surface area contributed by atoms with E-state index in [-0.39, 0.29) is 30.1 Å². The Kier molecular flexibility index (Phi) is 9.00. The lowest BCUT2D eigenvalue weighted by atomic mass is 9.96. The number of carboxylic acids is 1. The Hall–Kier alpha value is -4.54. The minimum atomic E-state index is -4.89. The second kappa shape index (κ2) is 11.9. The number of aliphatic carboxylic acids is 1. The van der Waals surface area contributed by atoms with Gasteiger partial charge in [-0.2, -0.15) is 13.2 Å². The van der Waals surface area contributed by atoms with Crippen molar-refractivity contribution in [2.24, 2.45) is 0 Å². The van der Waals surface area contributed by atoms with E-state index in [1.54, 1.807) is 77.3 Å². The van der Waals surface area contributed by atoms with Gasteiger partial charge < -0.3 is 24.6 Å². The SMILES string of the molecule is CN(C)C(=O)c1cc(-c2ccc(OCc3ccc(C(F)(F)F)c(O)c3C(=O)OC(C)(C)C)cc2)ccc1CC(=O)O. The van der Waals surface area contributed by atoms with Crippen LogP contribution in [0.15, 0.2) is 54.6 Å². The Morgan fingerprint density at radius 1 is 0.878 bits per heavy atom. The summed E-state index contributed by atoms with van der Waals surface area (Å²) in [7, 11) is 3.13. The average molecular weight is 574 g/mol. The zero-order valence-electron chi connectivity index (χ0n) is 23.1. The van der Waals surface area contributed by atoms with Crippen molar-refractivity contribution in [3.05, 3.63) is 82.4 Å². The van der Waals surface area contributed by atoms with Gasteiger partial charge in [-0.25, -0.2) is 4.79 Å². The van der Waals surface area contributed by atoms with E-state index < -0.39 is 40.6 Å². The fraction of sp³-hybridized carbons (Fsp3) is 0.300. The summed E-state index contributed by atoms with van der Waals surface area (Å²) in [5, 5.41) is 19.6. The molecule has 1 amide bonds. The summed E-state index contributed by atoms with van der Waals surface area (Å²) < 4.78 is 51.1. The van der Waals surface area contributed by atoms with Gasteiger partial charge in [0.1, 0.15) is 29.3 Å². The molecular weight excluding hydrogens is 543 g/mol. The summed E-state index contributed by atoms with van der Waals surface area (Å²) in [6, 6.07) is 13.2. The van der Waals surface area contributed by atoms with E-state index >= 15 is 0 Å². The summed E-state index contributed by atoms with van der Waals surface area (Å²) in [4.78, 5) is 38.0. The number of amides is 1. The van der Waals surface area contributed by atoms with Crippen LogP contribution in [-0.4, -0.2) is 52.7 Å². The van der Waals surface area contributed by atoms with E-state index in [0.29, 0.717) is 28.5 Å². The van der Waals surface area contributed by atoms with Crippen LogP contribution < -0.4 is 4.74 Å². The van der Waals surface area contributed by atoms with Crippen molar-refractivity contribution in [2.45, 2.75) is 45.6 Å². The first-order chi connectivity index (χ1) is 19.0. The predicted octanol–water partition coefficient (Wildman–Crippen LogP) is 5.94. The number of carbonyl (C=O) groups excluding carboxylic acids is 2. The van der Waals surface area contributed by atoms with Gasteiger partial charge in [-0.1, -0.05) is 30.3 Å². The second-order valence-corrected chi connectivity index (χ2v) is 10.5. The molecule has 3 aromatic rings. The molecule has 0 unspecified atom stereocenters. The number of phenolic OH excluding ortho intramolecular Hbond substituents is 1. The van der Waals surface area contributed by atoms with Crippen LogP contribution in [0, 0.1) is 0 Å². The minimum Gasteiger partial charge on any atom is -0.506 e. The van der Waals surface area contributed by atoms with E-state index in [2.05, 4.69) is 0 Å². The standard InChI is InChI=1S/C30H30F3NO7/c1-29(2,3)41-28(39)25-20(10-13-23(26(25)37)30(31,32)33)16-40-21-11-8-17(9-12-21)18-6-7-19(15-24(35)36)22(14-18)27(38)34(4)5/h6-14,37H,15-16H2,1-5H3,(H,35,36). The minimum absolute atomic E-state index is 0.00492. The number of carbonyl (C=O) groups is 3. The maximum atomic E-state index is 13.4. The molecule has 0 aliphatic carbocycles. The van der Waals surface area contributed by atoms with Gasteiger partial charge in [-0.3, -0.25) is 9.59 Å². The van der Waals surface area contributed by atoms with E-state index in [1.165, 1.54) is 4.90 Å². The van der Waals surface area contributed by atoms with Crippen LogP contribution in [0.5, 0.6) is 11.5 Å². The zero-order chi connectivity index (χ0) is 30.7. The Balaban J connectivity index is 1.88. The molecule has 0 spiro atoms. The number of esters is 1. The van der Waals surface area contributed by atoms with Gasteiger partial charge in [-0.15, -0.1) is 0 Å². The summed E-state index contributed by atoms with van der Waals surface area (Å²) in [6.45, 7) is 4.30. The lowest BCUT2D eigenvalue weighted by Gasteiger charge is -2.22. The molecule has 0 saturated heterocycles. The number of aromatic hydroxyl groups is 1. The fourth-order valence-corrected chi connectivity index (χ4v) is 3.96. The lowest BCUT2D eigenvalue weighted by molar-refractivity contribution is -0.139. The van der Waals surface area contributed by atoms with Gasteiger partial charge in [0.25, 0.3) is 5.91 Å². The van der Waals surface area contributed by atoms with Crippen LogP contribution in [0.2, 0.25) is 0 Å². The second-order valence-electron chi connectivity index (χ2n) is 10.5. The van der Waals surface area contributed by atoms with Gasteiger partial charge in [0.2, 0.25) is 0 Å². The van der Waals surface area contributed by atoms with Crippen molar-refractivity contribution < 1.29 is 47.2 Å². The van der Waals surface area contributed by atoms with Crippen molar-refractivity contribution in [1.82, 2.24) is 4.90 Å². The Labute approximate surface area is 234 Å². The van der Waals surface area contributed by atoms with Crippen LogP contribution in [0.4, 0.5) is 13.2 Å². The van der Waals surface area contributed by atoms with Crippen LogP contribution >= 0.6 is 0 Å². The van der Waals surface area contributed by atoms with Gasteiger partial charge in [0.05, 0.1) is 12.0 Å². The Morgan fingerprint density at radius 2 is 1.46 bits per heavy atom. The number of hydrogen-bond acceptors (Lipinski definition) is 6. The predicted molar refractivity (Wildman–Crippen MR) is 144 cm³/mol. The van der Waals surface area contributed by atoms with Crippen molar-refractivity contribution in [2.75, 3.05) is 14.1 Å². The topological polar surface area (TPSA) is 113 Å². The van der Waals surface area contributed by atoms with Crippen LogP contribution in [0.3, 0.4) is 0 Å². The molecule has 2 N–H and O–H groups in total. The molecule has 8 nitrogen and oxygen atoms in total. The highest BCUT2D eigenvalue weighted by Gasteiger charge is 2.37. The molecule has 41 heavy (non-hydrogen) atoms. The largest absolute Gasteiger partial charge is 0.506 e. The van der Waals surface area contributed by atoms with Gasteiger partial charge in [-0.05, 0) is 61.7 Å². The van der Waals surface area contributed by atoms with E-state index in [4.69, 9.17) is 9.47 Å². The molecule has 0 fully saturated rings. The monoisotopic (exact) mass is 573 g/mol. The third-order valence-electron chi connectivity index (χ3n) is 5.84. The van der Waals surface area contributed by atoms with Crippen molar-refractivity contribution in [3.63, 3.8) is 0 Å². The first kappa shape index (κ1) is 31.0. The normalized spacial score (nSPS) is 11.6. The molecule has 11 heteroatoms. The van der Waals surface area contributed by atoms with Crippen molar-refractivity contribution in [1.29, 1.82) is 0 Å². The summed E-state index contributed by atoms with van der Waals surface area (Å²) in [6.07, 6.45) is -5.20. The van der Waals surface area contributed by atoms with Crippen molar-refractivity contribution in [3.8, 4) is 22.6 Å². The van der Waals surface area contributed by atoms with E-state index in [0.717, 1.165) is 6.07 Å². The number of ether oxygens (including phenoxy) is 2. The fourth-order valence-electron chi connectivity index (χ4n) is 3.96.